The Labute approximate surface area is 90.2 Å². The molecule has 0 fully saturated rings. The van der Waals surface area contributed by atoms with Gasteiger partial charge in [-0.25, -0.2) is 0 Å². The molecule has 0 saturated heterocycles. The Morgan fingerprint density at radius 1 is 0.778 bits per heavy atom. The maximum absolute atomic E-state index is 10.3. The third-order valence-corrected chi connectivity index (χ3v) is 0. The molecule has 0 saturated carbocycles. The van der Waals surface area contributed by atoms with Crippen LogP contribution in [0.2, 0.25) is 0 Å². The minimum atomic E-state index is -2.20. The van der Waals surface area contributed by atoms with Gasteiger partial charge in [0.05, 0.1) is 0 Å². The number of hydrogen-bond donors (Lipinski definition) is 0. The fourth-order valence-electron chi connectivity index (χ4n) is 0. The van der Waals surface area contributed by atoms with E-state index in [2.05, 4.69) is 0 Å². The van der Waals surface area contributed by atoms with Crippen LogP contribution in [0.3, 0.4) is 0 Å². The van der Waals surface area contributed by atoms with Gasteiger partial charge in [0.25, 0.3) is 0 Å². The average Bonchev–Trinajstić information content (AvgIpc) is 1.25. The van der Waals surface area contributed by atoms with Crippen LogP contribution in [0.5, 0.6) is 0 Å². The van der Waals surface area contributed by atoms with E-state index in [0.29, 0.717) is 0 Å². The van der Waals surface area contributed by atoms with Crippen LogP contribution in [0.4, 0.5) is 17.3 Å². The van der Waals surface area contributed by atoms with Crippen molar-refractivity contribution in [2.45, 2.75) is 0 Å². The molecule has 0 bridgehead atoms. The molecule has 1 radical (unpaired) electrons. The van der Waals surface area contributed by atoms with E-state index in [-0.39, 0.29) is 18.9 Å². The second kappa shape index (κ2) is 12.6. The standard InChI is InChI=1S/2BF2I.Li/c2*2-1(3)4;. The fourth-order valence-corrected chi connectivity index (χ4v) is 0. The monoisotopic (exact) mass is 359 g/mol. The van der Waals surface area contributed by atoms with E-state index in [0.717, 1.165) is 44.7 Å². The van der Waals surface area contributed by atoms with Crippen LogP contribution in [0.25, 0.3) is 0 Å². The van der Waals surface area contributed by atoms with Gasteiger partial charge in [-0.2, -0.15) is 0 Å². The predicted octanol–water partition coefficient (Wildman–Crippen LogP) is 2.31. The second-order valence-corrected chi connectivity index (χ2v) is 2.38. The van der Waals surface area contributed by atoms with E-state index in [9.17, 15) is 17.3 Å². The molecule has 0 aromatic heterocycles. The van der Waals surface area contributed by atoms with Gasteiger partial charge < -0.3 is 0 Å². The van der Waals surface area contributed by atoms with Crippen LogP contribution in [0.1, 0.15) is 0 Å². The van der Waals surface area contributed by atoms with Crippen LogP contribution in [-0.2, 0) is 0 Å². The molecule has 0 rings (SSSR count). The van der Waals surface area contributed by atoms with Crippen LogP contribution < -0.4 is 0 Å². The normalized spacial score (nSPS) is 6.00. The van der Waals surface area contributed by atoms with E-state index in [1.54, 1.807) is 0 Å². The molecule has 0 aromatic rings. The fraction of sp³-hybridized carbons (Fsp3) is 0. The first kappa shape index (κ1) is 17.1. The summed E-state index contributed by atoms with van der Waals surface area (Å²) in [5.41, 5.74) is 0. The van der Waals surface area contributed by atoms with Crippen molar-refractivity contribution < 1.29 is 17.3 Å². The summed E-state index contributed by atoms with van der Waals surface area (Å²) in [6, 6.07) is 0. The Hall–Kier alpha value is 1.91. The van der Waals surface area contributed by atoms with Crippen molar-refractivity contribution in [3.8, 4) is 0 Å². The molecule has 0 heterocycles. The molecule has 0 amide bonds. The summed E-state index contributed by atoms with van der Waals surface area (Å²) in [4.78, 5) is 0. The van der Waals surface area contributed by atoms with Crippen molar-refractivity contribution in [2.75, 3.05) is 0 Å². The van der Waals surface area contributed by atoms with Crippen LogP contribution >= 0.6 is 44.7 Å². The predicted molar refractivity (Wildman–Crippen MR) is 49.7 cm³/mol. The second-order valence-electron chi connectivity index (χ2n) is 0.495. The Morgan fingerprint density at radius 2 is 0.778 bits per heavy atom. The summed E-state index contributed by atoms with van der Waals surface area (Å²) in [5.74, 6) is 0. The number of halogens is 6. The topological polar surface area (TPSA) is 0 Å². The molecule has 9 heteroatoms. The van der Waals surface area contributed by atoms with E-state index in [1.165, 1.54) is 0 Å². The Balaban J connectivity index is -0.0000000720. The molecular weight excluding hydrogens is 358 g/mol. The first-order valence-corrected chi connectivity index (χ1v) is 3.80. The molecule has 0 nitrogen and oxygen atoms in total. The largest absolute Gasteiger partial charge is 0.608 e. The Bertz CT molecular complexity index is 32.0. The van der Waals surface area contributed by atoms with Gasteiger partial charge in [-0.1, -0.05) is 44.7 Å². The zero-order valence-corrected chi connectivity index (χ0v) is 8.74. The Morgan fingerprint density at radius 3 is 0.778 bits per heavy atom. The van der Waals surface area contributed by atoms with Crippen molar-refractivity contribution >= 4 is 73.9 Å². The molecule has 0 aliphatic rings. The number of rotatable bonds is 0. The number of hydrogen-bond acceptors (Lipinski definition) is 0. The molecule has 0 spiro atoms. The Kier molecular flexibility index (Phi) is 23.9. The molecule has 0 atom stereocenters. The van der Waals surface area contributed by atoms with Gasteiger partial charge in [0.1, 0.15) is 0 Å². The molecule has 0 aromatic carbocycles. The molecule has 49 valence electrons. The van der Waals surface area contributed by atoms with Gasteiger partial charge in [0.15, 0.2) is 0 Å². The zero-order chi connectivity index (χ0) is 7.15. The molecule has 0 aliphatic carbocycles. The first-order chi connectivity index (χ1) is 3.46. The molecule has 0 aliphatic heterocycles. The van der Waals surface area contributed by atoms with Gasteiger partial charge in [-0.15, -0.1) is 0 Å². The average molecular weight is 358 g/mol. The smallest absolute Gasteiger partial charge is 0.275 e. The molecule has 9 heavy (non-hydrogen) atoms. The van der Waals surface area contributed by atoms with Gasteiger partial charge in [-0.05, 0) is 0 Å². The summed E-state index contributed by atoms with van der Waals surface area (Å²) in [7, 11) is 0. The maximum atomic E-state index is 10.3. The van der Waals surface area contributed by atoms with Gasteiger partial charge in [-0.3, -0.25) is 17.3 Å². The molecule has 0 unspecified atom stereocenters. The summed E-state index contributed by atoms with van der Waals surface area (Å²) < 4.78 is 41.3. The van der Waals surface area contributed by atoms with E-state index in [1.807, 2.05) is 0 Å². The zero-order valence-electron chi connectivity index (χ0n) is 4.42. The quantitative estimate of drug-likeness (QED) is 0.354. The third kappa shape index (κ3) is 170. The maximum Gasteiger partial charge on any atom is 0.608 e. The van der Waals surface area contributed by atoms with Crippen molar-refractivity contribution in [1.29, 1.82) is 0 Å². The SMILES string of the molecule is FB(F)I.FB(F)I.[Li]. The first-order valence-electron chi connectivity index (χ1n) is 1.31. The van der Waals surface area contributed by atoms with E-state index in [4.69, 9.17) is 0 Å². The summed E-state index contributed by atoms with van der Waals surface area (Å²) >= 11 is 2.02. The van der Waals surface area contributed by atoms with Gasteiger partial charge in [0, 0.05) is 18.9 Å². The van der Waals surface area contributed by atoms with E-state index >= 15 is 0 Å². The molecular formula is B2F4I2Li. The van der Waals surface area contributed by atoms with Crippen LogP contribution in [0.15, 0.2) is 0 Å². The summed E-state index contributed by atoms with van der Waals surface area (Å²) in [6.07, 6.45) is 0. The summed E-state index contributed by atoms with van der Waals surface area (Å²) in [6.45, 7) is 0. The van der Waals surface area contributed by atoms with Gasteiger partial charge >= 0.3 is 10.2 Å². The third-order valence-electron chi connectivity index (χ3n) is 0. The minimum absolute atomic E-state index is 0. The molecule has 0 N–H and O–H groups in total. The summed E-state index contributed by atoms with van der Waals surface area (Å²) in [5, 5.41) is -4.39. The van der Waals surface area contributed by atoms with Crippen LogP contribution in [-0.4, -0.2) is 29.1 Å². The van der Waals surface area contributed by atoms with E-state index < -0.39 is 10.2 Å². The van der Waals surface area contributed by atoms with Crippen molar-refractivity contribution in [3.05, 3.63) is 0 Å². The van der Waals surface area contributed by atoms with Crippen molar-refractivity contribution in [1.82, 2.24) is 0 Å². The van der Waals surface area contributed by atoms with Crippen molar-refractivity contribution in [3.63, 3.8) is 0 Å². The van der Waals surface area contributed by atoms with Crippen molar-refractivity contribution in [2.24, 2.45) is 0 Å². The van der Waals surface area contributed by atoms with Crippen LogP contribution in [0, 0.1) is 0 Å². The minimum Gasteiger partial charge on any atom is -0.275 e. The van der Waals surface area contributed by atoms with Gasteiger partial charge in [0.2, 0.25) is 0 Å².